The number of hydrogen-bond donors (Lipinski definition) is 1. The number of carboxylic acids is 1. The SMILES string of the molecule is CN(CC1(N(C)C)CCC1)C(=O)CCCC(=O)O. The largest absolute Gasteiger partial charge is 0.481 e. The maximum atomic E-state index is 11.9. The molecule has 0 aromatic rings. The van der Waals surface area contributed by atoms with E-state index in [-0.39, 0.29) is 17.9 Å². The first-order valence-corrected chi connectivity index (χ1v) is 6.50. The predicted octanol–water partition coefficient (Wildman–Crippen LogP) is 1.18. The summed E-state index contributed by atoms with van der Waals surface area (Å²) in [6.45, 7) is 0.742. The first-order chi connectivity index (χ1) is 8.37. The van der Waals surface area contributed by atoms with Crippen LogP contribution < -0.4 is 0 Å². The van der Waals surface area contributed by atoms with Gasteiger partial charge in [0, 0.05) is 32.0 Å². The van der Waals surface area contributed by atoms with Gasteiger partial charge in [-0.3, -0.25) is 9.59 Å². The Morgan fingerprint density at radius 1 is 1.17 bits per heavy atom. The van der Waals surface area contributed by atoms with E-state index in [4.69, 9.17) is 5.11 Å². The number of likely N-dealkylation sites (N-methyl/N-ethyl adjacent to an activating group) is 2. The molecule has 104 valence electrons. The van der Waals surface area contributed by atoms with Crippen LogP contribution in [0.2, 0.25) is 0 Å². The van der Waals surface area contributed by atoms with E-state index < -0.39 is 5.97 Å². The van der Waals surface area contributed by atoms with Gasteiger partial charge in [0.25, 0.3) is 0 Å². The van der Waals surface area contributed by atoms with Crippen molar-refractivity contribution >= 4 is 11.9 Å². The Labute approximate surface area is 109 Å². The topological polar surface area (TPSA) is 60.9 Å². The van der Waals surface area contributed by atoms with Crippen molar-refractivity contribution in [2.45, 2.75) is 44.1 Å². The highest BCUT2D eigenvalue weighted by molar-refractivity contribution is 5.76. The van der Waals surface area contributed by atoms with E-state index in [9.17, 15) is 9.59 Å². The first kappa shape index (κ1) is 15.0. The highest BCUT2D eigenvalue weighted by atomic mass is 16.4. The summed E-state index contributed by atoms with van der Waals surface area (Å²) in [5, 5.41) is 8.54. The lowest BCUT2D eigenvalue weighted by molar-refractivity contribution is -0.137. The van der Waals surface area contributed by atoms with Crippen molar-refractivity contribution in [2.24, 2.45) is 0 Å². The minimum atomic E-state index is -0.839. The summed E-state index contributed by atoms with van der Waals surface area (Å²) in [5.41, 5.74) is 0.136. The molecular weight excluding hydrogens is 232 g/mol. The van der Waals surface area contributed by atoms with Gasteiger partial charge in [-0.15, -0.1) is 0 Å². The van der Waals surface area contributed by atoms with Crippen LogP contribution in [0.3, 0.4) is 0 Å². The lowest BCUT2D eigenvalue weighted by atomic mass is 9.75. The van der Waals surface area contributed by atoms with Crippen LogP contribution in [0.5, 0.6) is 0 Å². The molecule has 0 aromatic heterocycles. The van der Waals surface area contributed by atoms with Gasteiger partial charge >= 0.3 is 5.97 Å². The zero-order chi connectivity index (χ0) is 13.8. The number of aliphatic carboxylic acids is 1. The normalized spacial score (nSPS) is 17.3. The Bertz CT molecular complexity index is 311. The van der Waals surface area contributed by atoms with Gasteiger partial charge in [-0.1, -0.05) is 0 Å². The fourth-order valence-electron chi connectivity index (χ4n) is 2.44. The Morgan fingerprint density at radius 2 is 1.78 bits per heavy atom. The molecule has 0 atom stereocenters. The standard InChI is InChI=1S/C13H24N2O3/c1-14(2)13(8-5-9-13)10-15(3)11(16)6-4-7-12(17)18/h4-10H2,1-3H3,(H,17,18). The summed E-state index contributed by atoms with van der Waals surface area (Å²) in [6, 6.07) is 0. The number of carbonyl (C=O) groups excluding carboxylic acids is 1. The van der Waals surface area contributed by atoms with Gasteiger partial charge in [-0.2, -0.15) is 0 Å². The summed E-state index contributed by atoms with van der Waals surface area (Å²) >= 11 is 0. The second-order valence-electron chi connectivity index (χ2n) is 5.47. The van der Waals surface area contributed by atoms with Crippen LogP contribution in [0.25, 0.3) is 0 Å². The fourth-order valence-corrected chi connectivity index (χ4v) is 2.44. The van der Waals surface area contributed by atoms with Gasteiger partial charge in [-0.05, 0) is 39.8 Å². The van der Waals surface area contributed by atoms with Gasteiger partial charge < -0.3 is 14.9 Å². The van der Waals surface area contributed by atoms with Crippen LogP contribution in [0.15, 0.2) is 0 Å². The summed E-state index contributed by atoms with van der Waals surface area (Å²) in [4.78, 5) is 26.2. The van der Waals surface area contributed by atoms with E-state index in [1.54, 1.807) is 4.90 Å². The third kappa shape index (κ3) is 3.70. The Morgan fingerprint density at radius 3 is 2.17 bits per heavy atom. The molecule has 0 aliphatic heterocycles. The Hall–Kier alpha value is -1.10. The molecule has 0 radical (unpaired) electrons. The second-order valence-corrected chi connectivity index (χ2v) is 5.47. The molecule has 0 aromatic carbocycles. The molecule has 0 spiro atoms. The molecule has 1 fully saturated rings. The van der Waals surface area contributed by atoms with Crippen molar-refractivity contribution in [3.8, 4) is 0 Å². The van der Waals surface area contributed by atoms with E-state index in [1.165, 1.54) is 6.42 Å². The first-order valence-electron chi connectivity index (χ1n) is 6.50. The van der Waals surface area contributed by atoms with E-state index >= 15 is 0 Å². The number of carbonyl (C=O) groups is 2. The third-order valence-electron chi connectivity index (χ3n) is 3.97. The summed E-state index contributed by atoms with van der Waals surface area (Å²) in [6.07, 6.45) is 4.30. The number of nitrogens with zero attached hydrogens (tertiary/aromatic N) is 2. The summed E-state index contributed by atoms with van der Waals surface area (Å²) < 4.78 is 0. The van der Waals surface area contributed by atoms with Crippen molar-refractivity contribution in [1.82, 2.24) is 9.80 Å². The maximum absolute atomic E-state index is 11.9. The molecule has 1 aliphatic rings. The van der Waals surface area contributed by atoms with E-state index in [0.717, 1.165) is 19.4 Å². The quantitative estimate of drug-likeness (QED) is 0.743. The van der Waals surface area contributed by atoms with Gasteiger partial charge in [0.1, 0.15) is 0 Å². The smallest absolute Gasteiger partial charge is 0.303 e. The average molecular weight is 256 g/mol. The zero-order valence-corrected chi connectivity index (χ0v) is 11.6. The Kier molecular flexibility index (Phi) is 5.14. The molecule has 1 saturated carbocycles. The molecule has 1 N–H and O–H groups in total. The van der Waals surface area contributed by atoms with Gasteiger partial charge in [0.15, 0.2) is 0 Å². The van der Waals surface area contributed by atoms with Crippen molar-refractivity contribution in [1.29, 1.82) is 0 Å². The molecule has 5 nitrogen and oxygen atoms in total. The fraction of sp³-hybridized carbons (Fsp3) is 0.846. The van der Waals surface area contributed by atoms with Crippen LogP contribution in [0.1, 0.15) is 38.5 Å². The molecular formula is C13H24N2O3. The van der Waals surface area contributed by atoms with Gasteiger partial charge in [-0.25, -0.2) is 0 Å². The maximum Gasteiger partial charge on any atom is 0.303 e. The van der Waals surface area contributed by atoms with Crippen LogP contribution in [0.4, 0.5) is 0 Å². The van der Waals surface area contributed by atoms with E-state index in [0.29, 0.717) is 12.8 Å². The third-order valence-corrected chi connectivity index (χ3v) is 3.97. The zero-order valence-electron chi connectivity index (χ0n) is 11.6. The molecule has 0 heterocycles. The van der Waals surface area contributed by atoms with Gasteiger partial charge in [0.2, 0.25) is 5.91 Å². The summed E-state index contributed by atoms with van der Waals surface area (Å²) in [7, 11) is 5.93. The molecule has 1 amide bonds. The predicted molar refractivity (Wildman–Crippen MR) is 69.4 cm³/mol. The molecule has 5 heteroatoms. The minimum Gasteiger partial charge on any atom is -0.481 e. The lowest BCUT2D eigenvalue weighted by Gasteiger charge is -2.49. The highest BCUT2D eigenvalue weighted by Crippen LogP contribution is 2.36. The summed E-state index contributed by atoms with van der Waals surface area (Å²) in [5.74, 6) is -0.793. The molecule has 1 rings (SSSR count). The molecule has 0 saturated heterocycles. The van der Waals surface area contributed by atoms with Crippen molar-refractivity contribution in [3.05, 3.63) is 0 Å². The van der Waals surface area contributed by atoms with Crippen molar-refractivity contribution < 1.29 is 14.7 Å². The average Bonchev–Trinajstić information content (AvgIpc) is 2.21. The van der Waals surface area contributed by atoms with Gasteiger partial charge in [0.05, 0.1) is 0 Å². The number of hydrogen-bond acceptors (Lipinski definition) is 3. The van der Waals surface area contributed by atoms with Crippen LogP contribution in [-0.4, -0.2) is 60.0 Å². The van der Waals surface area contributed by atoms with E-state index in [1.807, 2.05) is 7.05 Å². The molecule has 18 heavy (non-hydrogen) atoms. The monoisotopic (exact) mass is 256 g/mol. The molecule has 0 bridgehead atoms. The molecule has 1 aliphatic carbocycles. The van der Waals surface area contributed by atoms with E-state index in [2.05, 4.69) is 19.0 Å². The second kappa shape index (κ2) is 6.18. The van der Waals surface area contributed by atoms with Crippen LogP contribution >= 0.6 is 0 Å². The highest BCUT2D eigenvalue weighted by Gasteiger charge is 2.40. The lowest BCUT2D eigenvalue weighted by Crippen LogP contribution is -2.57. The molecule has 0 unspecified atom stereocenters. The number of carboxylic acid groups (broad SMARTS) is 1. The number of amides is 1. The Balaban J connectivity index is 2.37. The van der Waals surface area contributed by atoms with Crippen LogP contribution in [-0.2, 0) is 9.59 Å². The number of rotatable bonds is 7. The van der Waals surface area contributed by atoms with Crippen LogP contribution in [0, 0.1) is 0 Å². The minimum absolute atomic E-state index is 0.0457. The van der Waals surface area contributed by atoms with Crippen molar-refractivity contribution in [3.63, 3.8) is 0 Å². The van der Waals surface area contributed by atoms with Crippen molar-refractivity contribution in [2.75, 3.05) is 27.7 Å².